The van der Waals surface area contributed by atoms with Crippen LogP contribution in [0.25, 0.3) is 0 Å². The molecule has 0 aliphatic rings. The largest absolute Gasteiger partial charge is 0.476 e. The highest BCUT2D eigenvalue weighted by molar-refractivity contribution is 9.11. The molecule has 1 aromatic rings. The van der Waals surface area contributed by atoms with Gasteiger partial charge < -0.3 is 10.2 Å². The minimum atomic E-state index is -1.17. The molecule has 1 heterocycles. The van der Waals surface area contributed by atoms with Crippen LogP contribution in [-0.4, -0.2) is 21.2 Å². The summed E-state index contributed by atoms with van der Waals surface area (Å²) >= 11 is 4.20. The maximum atomic E-state index is 10.7. The number of thiazole rings is 1. The van der Waals surface area contributed by atoms with Crippen LogP contribution in [0.2, 0.25) is 0 Å². The third-order valence-electron chi connectivity index (χ3n) is 1.36. The summed E-state index contributed by atoms with van der Waals surface area (Å²) in [6, 6.07) is 0. The summed E-state index contributed by atoms with van der Waals surface area (Å²) in [5, 5.41) is 18.4. The van der Waals surface area contributed by atoms with Crippen LogP contribution in [0, 0.1) is 0 Å². The molecule has 6 heteroatoms. The van der Waals surface area contributed by atoms with Gasteiger partial charge in [0.1, 0.15) is 0 Å². The number of carboxylic acid groups (broad SMARTS) is 1. The number of halogens is 1. The number of aliphatic hydroxyl groups is 1. The number of nitrogens with zero attached hydrogens (tertiary/aromatic N) is 1. The highest BCUT2D eigenvalue weighted by atomic mass is 79.9. The van der Waals surface area contributed by atoms with Crippen molar-refractivity contribution in [3.8, 4) is 0 Å². The predicted molar refractivity (Wildman–Crippen MR) is 52.0 cm³/mol. The van der Waals surface area contributed by atoms with Crippen molar-refractivity contribution in [2.75, 3.05) is 0 Å². The molecule has 0 fully saturated rings. The van der Waals surface area contributed by atoms with Crippen molar-refractivity contribution in [1.29, 1.82) is 0 Å². The molecule has 0 saturated heterocycles. The predicted octanol–water partition coefficient (Wildman–Crippen LogP) is 1.83. The van der Waals surface area contributed by atoms with Gasteiger partial charge in [-0.15, -0.1) is 11.3 Å². The van der Waals surface area contributed by atoms with Crippen LogP contribution in [-0.2, 0) is 5.60 Å². The molecule has 1 rings (SSSR count). The van der Waals surface area contributed by atoms with Gasteiger partial charge in [-0.3, -0.25) is 0 Å². The lowest BCUT2D eigenvalue weighted by Crippen LogP contribution is -2.17. The van der Waals surface area contributed by atoms with Gasteiger partial charge in [-0.25, -0.2) is 9.78 Å². The van der Waals surface area contributed by atoms with Crippen molar-refractivity contribution in [3.05, 3.63) is 14.5 Å². The van der Waals surface area contributed by atoms with Crippen molar-refractivity contribution in [1.82, 2.24) is 4.98 Å². The van der Waals surface area contributed by atoms with Crippen LogP contribution in [0.1, 0.15) is 29.2 Å². The van der Waals surface area contributed by atoms with Crippen molar-refractivity contribution in [2.45, 2.75) is 19.4 Å². The molecule has 13 heavy (non-hydrogen) atoms. The Morgan fingerprint density at radius 3 is 2.46 bits per heavy atom. The lowest BCUT2D eigenvalue weighted by atomic mass is 10.1. The van der Waals surface area contributed by atoms with E-state index in [1.165, 1.54) is 13.8 Å². The molecule has 0 saturated carbocycles. The Kier molecular flexibility index (Phi) is 2.74. The topological polar surface area (TPSA) is 70.4 Å². The zero-order chi connectivity index (χ0) is 10.2. The smallest absolute Gasteiger partial charge is 0.355 e. The summed E-state index contributed by atoms with van der Waals surface area (Å²) < 4.78 is 0.460. The number of hydrogen-bond acceptors (Lipinski definition) is 4. The SMILES string of the molecule is CC(C)(O)c1sc(Br)nc1C(=O)O. The Bertz CT molecular complexity index is 342. The summed E-state index contributed by atoms with van der Waals surface area (Å²) in [5.74, 6) is -1.13. The molecule has 0 atom stereocenters. The fraction of sp³-hybridized carbons (Fsp3) is 0.429. The molecule has 1 aromatic heterocycles. The Balaban J connectivity index is 3.28. The molecule has 0 spiro atoms. The average Bonchev–Trinajstić information content (AvgIpc) is 2.29. The van der Waals surface area contributed by atoms with E-state index in [0.717, 1.165) is 11.3 Å². The molecule has 2 N–H and O–H groups in total. The number of hydrogen-bond donors (Lipinski definition) is 2. The van der Waals surface area contributed by atoms with Crippen molar-refractivity contribution in [2.24, 2.45) is 0 Å². The van der Waals surface area contributed by atoms with Gasteiger partial charge in [0.25, 0.3) is 0 Å². The maximum absolute atomic E-state index is 10.7. The summed E-state index contributed by atoms with van der Waals surface area (Å²) in [4.78, 5) is 14.8. The van der Waals surface area contributed by atoms with Gasteiger partial charge in [-0.1, -0.05) is 0 Å². The Hall–Kier alpha value is -0.460. The van der Waals surface area contributed by atoms with E-state index in [2.05, 4.69) is 20.9 Å². The van der Waals surface area contributed by atoms with Gasteiger partial charge in [0, 0.05) is 0 Å². The van der Waals surface area contributed by atoms with E-state index in [0.29, 0.717) is 8.79 Å². The van der Waals surface area contributed by atoms with Crippen LogP contribution in [0.4, 0.5) is 0 Å². The third-order valence-corrected chi connectivity index (χ3v) is 3.18. The molecule has 0 bridgehead atoms. The van der Waals surface area contributed by atoms with Gasteiger partial charge in [-0.2, -0.15) is 0 Å². The maximum Gasteiger partial charge on any atom is 0.355 e. The molecule has 0 aliphatic heterocycles. The fourth-order valence-corrected chi connectivity index (χ4v) is 2.30. The van der Waals surface area contributed by atoms with Crippen molar-refractivity contribution in [3.63, 3.8) is 0 Å². The van der Waals surface area contributed by atoms with E-state index in [-0.39, 0.29) is 5.69 Å². The summed E-state index contributed by atoms with van der Waals surface area (Å²) in [6.45, 7) is 3.05. The molecule has 0 aromatic carbocycles. The minimum absolute atomic E-state index is 0.0932. The van der Waals surface area contributed by atoms with E-state index in [4.69, 9.17) is 5.11 Å². The lowest BCUT2D eigenvalue weighted by molar-refractivity contribution is 0.0636. The summed E-state index contributed by atoms with van der Waals surface area (Å²) in [7, 11) is 0. The van der Waals surface area contributed by atoms with Crippen LogP contribution in [0.15, 0.2) is 3.92 Å². The Labute approximate surface area is 87.4 Å². The third kappa shape index (κ3) is 2.26. The van der Waals surface area contributed by atoms with Gasteiger partial charge in [-0.05, 0) is 29.8 Å². The monoisotopic (exact) mass is 265 g/mol. The minimum Gasteiger partial charge on any atom is -0.476 e. The van der Waals surface area contributed by atoms with Crippen LogP contribution in [0.5, 0.6) is 0 Å². The molecule has 0 aliphatic carbocycles. The van der Waals surface area contributed by atoms with E-state index in [1.807, 2.05) is 0 Å². The number of carbonyl (C=O) groups is 1. The summed E-state index contributed by atoms with van der Waals surface area (Å²) in [6.07, 6.45) is 0. The average molecular weight is 266 g/mol. The first-order valence-electron chi connectivity index (χ1n) is 3.45. The number of aromatic nitrogens is 1. The number of carboxylic acids is 1. The van der Waals surface area contributed by atoms with Gasteiger partial charge in [0.2, 0.25) is 0 Å². The zero-order valence-corrected chi connectivity index (χ0v) is 9.44. The zero-order valence-electron chi connectivity index (χ0n) is 7.04. The molecule has 0 unspecified atom stereocenters. The normalized spacial score (nSPS) is 11.7. The molecule has 4 nitrogen and oxygen atoms in total. The Morgan fingerprint density at radius 2 is 2.15 bits per heavy atom. The van der Waals surface area contributed by atoms with E-state index < -0.39 is 11.6 Å². The number of aromatic carboxylic acids is 1. The second-order valence-corrected chi connectivity index (χ2v) is 5.28. The molecular formula is C7H8BrNO3S. The van der Waals surface area contributed by atoms with Gasteiger partial charge in [0.15, 0.2) is 9.61 Å². The van der Waals surface area contributed by atoms with Crippen LogP contribution >= 0.6 is 27.3 Å². The quantitative estimate of drug-likeness (QED) is 0.856. The van der Waals surface area contributed by atoms with Gasteiger partial charge >= 0.3 is 5.97 Å². The van der Waals surface area contributed by atoms with Crippen molar-refractivity contribution >= 4 is 33.2 Å². The first-order chi connectivity index (χ1) is 5.82. The second kappa shape index (κ2) is 3.36. The Morgan fingerprint density at radius 1 is 1.62 bits per heavy atom. The van der Waals surface area contributed by atoms with Crippen molar-refractivity contribution < 1.29 is 15.0 Å². The molecular weight excluding hydrogens is 258 g/mol. The highest BCUT2D eigenvalue weighted by Crippen LogP contribution is 2.32. The van der Waals surface area contributed by atoms with Crippen LogP contribution in [0.3, 0.4) is 0 Å². The van der Waals surface area contributed by atoms with E-state index in [1.54, 1.807) is 0 Å². The molecule has 0 radical (unpaired) electrons. The van der Waals surface area contributed by atoms with Gasteiger partial charge in [0.05, 0.1) is 10.5 Å². The number of rotatable bonds is 2. The second-order valence-electron chi connectivity index (χ2n) is 3.01. The first kappa shape index (κ1) is 10.6. The molecule has 0 amide bonds. The standard InChI is InChI=1S/C7H8BrNO3S/c1-7(2,12)4-3(5(10)11)9-6(8)13-4/h12H,1-2H3,(H,10,11). The van der Waals surface area contributed by atoms with E-state index >= 15 is 0 Å². The van der Waals surface area contributed by atoms with Crippen LogP contribution < -0.4 is 0 Å². The highest BCUT2D eigenvalue weighted by Gasteiger charge is 2.27. The first-order valence-corrected chi connectivity index (χ1v) is 5.06. The fourth-order valence-electron chi connectivity index (χ4n) is 0.854. The summed E-state index contributed by atoms with van der Waals surface area (Å²) in [5.41, 5.74) is -1.26. The van der Waals surface area contributed by atoms with E-state index in [9.17, 15) is 9.90 Å². The molecule has 72 valence electrons. The lowest BCUT2D eigenvalue weighted by Gasteiger charge is -2.14.